The fourth-order valence-corrected chi connectivity index (χ4v) is 3.13. The number of hydrogen-bond donors (Lipinski definition) is 2. The zero-order chi connectivity index (χ0) is 19.9. The second-order valence-electron chi connectivity index (χ2n) is 5.99. The Morgan fingerprint density at radius 3 is 2.18 bits per heavy atom. The van der Waals surface area contributed by atoms with E-state index in [2.05, 4.69) is 39.1 Å². The lowest BCUT2D eigenvalue weighted by Crippen LogP contribution is -2.21. The lowest BCUT2D eigenvalue weighted by molar-refractivity contribution is 0.0950. The monoisotopic (exact) mass is 452 g/mol. The molecule has 3 aromatic rings. The minimum atomic E-state index is -0.336. The SMILES string of the molecule is O=C(N/N=C(\CC(=O)c1ccccc1S)c1ccc(Br)cc1)c1ccccc1. The Bertz CT molecular complexity index is 1020. The van der Waals surface area contributed by atoms with E-state index in [0.29, 0.717) is 21.7 Å². The van der Waals surface area contributed by atoms with Gasteiger partial charge in [-0.2, -0.15) is 5.10 Å². The maximum atomic E-state index is 12.8. The van der Waals surface area contributed by atoms with Gasteiger partial charge in [0.2, 0.25) is 0 Å². The third-order valence-electron chi connectivity index (χ3n) is 4.04. The van der Waals surface area contributed by atoms with Crippen LogP contribution in [0, 0.1) is 0 Å². The van der Waals surface area contributed by atoms with Gasteiger partial charge in [-0.15, -0.1) is 12.6 Å². The highest BCUT2D eigenvalue weighted by molar-refractivity contribution is 9.10. The molecule has 0 radical (unpaired) electrons. The number of ketones is 1. The number of carbonyl (C=O) groups excluding carboxylic acids is 2. The second-order valence-corrected chi connectivity index (χ2v) is 7.39. The molecular formula is C22H17BrN2O2S. The Balaban J connectivity index is 1.87. The van der Waals surface area contributed by atoms with Crippen LogP contribution in [0.1, 0.15) is 32.7 Å². The normalized spacial score (nSPS) is 11.1. The van der Waals surface area contributed by atoms with Crippen molar-refractivity contribution in [2.75, 3.05) is 0 Å². The number of hydrogen-bond acceptors (Lipinski definition) is 4. The van der Waals surface area contributed by atoms with E-state index in [1.54, 1.807) is 42.5 Å². The van der Waals surface area contributed by atoms with Crippen molar-refractivity contribution >= 4 is 46.0 Å². The second kappa shape index (κ2) is 9.48. The van der Waals surface area contributed by atoms with Crippen LogP contribution in [0.4, 0.5) is 0 Å². The first kappa shape index (κ1) is 20.0. The van der Waals surface area contributed by atoms with Crippen molar-refractivity contribution in [3.63, 3.8) is 0 Å². The maximum absolute atomic E-state index is 12.8. The Labute approximate surface area is 177 Å². The molecule has 0 unspecified atom stereocenters. The van der Waals surface area contributed by atoms with Crippen LogP contribution in [0.5, 0.6) is 0 Å². The molecule has 28 heavy (non-hydrogen) atoms. The summed E-state index contributed by atoms with van der Waals surface area (Å²) in [4.78, 5) is 25.7. The van der Waals surface area contributed by atoms with Crippen molar-refractivity contribution in [2.45, 2.75) is 11.3 Å². The van der Waals surface area contributed by atoms with Crippen molar-refractivity contribution in [2.24, 2.45) is 5.10 Å². The average Bonchev–Trinajstić information content (AvgIpc) is 2.72. The minimum absolute atomic E-state index is 0.0360. The predicted octanol–water partition coefficient (Wildman–Crippen LogP) is 5.14. The van der Waals surface area contributed by atoms with Gasteiger partial charge in [0.1, 0.15) is 0 Å². The maximum Gasteiger partial charge on any atom is 0.271 e. The number of rotatable bonds is 6. The molecular weight excluding hydrogens is 436 g/mol. The molecule has 3 aromatic carbocycles. The van der Waals surface area contributed by atoms with Crippen LogP contribution < -0.4 is 5.43 Å². The molecule has 140 valence electrons. The van der Waals surface area contributed by atoms with E-state index in [4.69, 9.17) is 0 Å². The number of benzene rings is 3. The topological polar surface area (TPSA) is 58.5 Å². The zero-order valence-electron chi connectivity index (χ0n) is 14.8. The number of nitrogens with one attached hydrogen (secondary N) is 1. The Morgan fingerprint density at radius 2 is 1.50 bits per heavy atom. The van der Waals surface area contributed by atoms with Gasteiger partial charge >= 0.3 is 0 Å². The van der Waals surface area contributed by atoms with E-state index in [1.165, 1.54) is 0 Å². The zero-order valence-corrected chi connectivity index (χ0v) is 17.3. The predicted molar refractivity (Wildman–Crippen MR) is 117 cm³/mol. The lowest BCUT2D eigenvalue weighted by atomic mass is 10.0. The van der Waals surface area contributed by atoms with Crippen molar-refractivity contribution in [3.8, 4) is 0 Å². The molecule has 0 aliphatic heterocycles. The molecule has 0 spiro atoms. The highest BCUT2D eigenvalue weighted by atomic mass is 79.9. The van der Waals surface area contributed by atoms with E-state index >= 15 is 0 Å². The molecule has 0 heterocycles. The van der Waals surface area contributed by atoms with E-state index in [1.807, 2.05) is 36.4 Å². The molecule has 0 saturated carbocycles. The summed E-state index contributed by atoms with van der Waals surface area (Å²) in [6, 6.07) is 23.3. The molecule has 0 aromatic heterocycles. The lowest BCUT2D eigenvalue weighted by Gasteiger charge is -2.09. The molecule has 0 saturated heterocycles. The van der Waals surface area contributed by atoms with E-state index in [0.717, 1.165) is 10.0 Å². The van der Waals surface area contributed by atoms with Gasteiger partial charge in [-0.3, -0.25) is 9.59 Å². The van der Waals surface area contributed by atoms with E-state index < -0.39 is 0 Å². The first-order valence-electron chi connectivity index (χ1n) is 8.53. The van der Waals surface area contributed by atoms with E-state index in [-0.39, 0.29) is 18.1 Å². The minimum Gasteiger partial charge on any atom is -0.294 e. The number of nitrogens with zero attached hydrogens (tertiary/aromatic N) is 1. The Kier molecular flexibility index (Phi) is 6.79. The Hall–Kier alpha value is -2.70. The van der Waals surface area contributed by atoms with Crippen LogP contribution in [-0.4, -0.2) is 17.4 Å². The first-order valence-corrected chi connectivity index (χ1v) is 9.77. The summed E-state index contributed by atoms with van der Waals surface area (Å²) in [5.74, 6) is -0.460. The number of carbonyl (C=O) groups is 2. The third kappa shape index (κ3) is 5.18. The summed E-state index contributed by atoms with van der Waals surface area (Å²) in [5, 5.41) is 4.25. The third-order valence-corrected chi connectivity index (χ3v) is 4.96. The summed E-state index contributed by atoms with van der Waals surface area (Å²) in [5.41, 5.74) is 4.78. The van der Waals surface area contributed by atoms with Crippen LogP contribution in [0.25, 0.3) is 0 Å². The van der Waals surface area contributed by atoms with Gasteiger partial charge in [-0.05, 0) is 35.9 Å². The number of halogens is 1. The first-order chi connectivity index (χ1) is 13.5. The average molecular weight is 453 g/mol. The number of hydrazone groups is 1. The largest absolute Gasteiger partial charge is 0.294 e. The fraction of sp³-hybridized carbons (Fsp3) is 0.0455. The van der Waals surface area contributed by atoms with Gasteiger partial charge < -0.3 is 0 Å². The molecule has 0 aliphatic rings. The molecule has 6 heteroatoms. The van der Waals surface area contributed by atoms with E-state index in [9.17, 15) is 9.59 Å². The quantitative estimate of drug-likeness (QED) is 0.235. The van der Waals surface area contributed by atoms with Gasteiger partial charge in [0.15, 0.2) is 5.78 Å². The van der Waals surface area contributed by atoms with Crippen molar-refractivity contribution in [1.29, 1.82) is 0 Å². The summed E-state index contributed by atoms with van der Waals surface area (Å²) in [7, 11) is 0. The van der Waals surface area contributed by atoms with Crippen molar-refractivity contribution < 1.29 is 9.59 Å². The van der Waals surface area contributed by atoms with Gasteiger partial charge in [0.05, 0.1) is 12.1 Å². The number of thiol groups is 1. The molecule has 0 atom stereocenters. The number of Topliss-reactive ketones (excluding diaryl/α,β-unsaturated/α-hetero) is 1. The van der Waals surface area contributed by atoms with Gasteiger partial charge in [-0.1, -0.05) is 64.5 Å². The molecule has 0 fully saturated rings. The smallest absolute Gasteiger partial charge is 0.271 e. The van der Waals surface area contributed by atoms with Gasteiger partial charge in [0.25, 0.3) is 5.91 Å². The highest BCUT2D eigenvalue weighted by Gasteiger charge is 2.15. The fourth-order valence-electron chi connectivity index (χ4n) is 2.58. The van der Waals surface area contributed by atoms with Crippen LogP contribution in [0.2, 0.25) is 0 Å². The number of amides is 1. The molecule has 0 aliphatic carbocycles. The van der Waals surface area contributed by atoms with Crippen LogP contribution in [-0.2, 0) is 0 Å². The van der Waals surface area contributed by atoms with Crippen molar-refractivity contribution in [1.82, 2.24) is 5.43 Å². The molecule has 0 bridgehead atoms. The highest BCUT2D eigenvalue weighted by Crippen LogP contribution is 2.18. The molecule has 1 amide bonds. The van der Waals surface area contributed by atoms with Crippen LogP contribution in [0.15, 0.2) is 93.3 Å². The molecule has 3 rings (SSSR count). The van der Waals surface area contributed by atoms with Crippen LogP contribution in [0.3, 0.4) is 0 Å². The van der Waals surface area contributed by atoms with Gasteiger partial charge in [0, 0.05) is 20.5 Å². The van der Waals surface area contributed by atoms with Gasteiger partial charge in [-0.25, -0.2) is 5.43 Å². The van der Waals surface area contributed by atoms with Crippen LogP contribution >= 0.6 is 28.6 Å². The summed E-state index contributed by atoms with van der Waals surface area (Å²) in [6.45, 7) is 0. The summed E-state index contributed by atoms with van der Waals surface area (Å²) >= 11 is 7.75. The molecule has 1 N–H and O–H groups in total. The summed E-state index contributed by atoms with van der Waals surface area (Å²) < 4.78 is 0.913. The standard InChI is InChI=1S/C22H17BrN2O2S/c23-17-12-10-15(11-13-17)19(14-20(26)18-8-4-5-9-21(18)28)24-25-22(27)16-6-2-1-3-7-16/h1-13,28H,14H2,(H,25,27)/b24-19+. The molecule has 4 nitrogen and oxygen atoms in total. The summed E-state index contributed by atoms with van der Waals surface area (Å²) in [6.07, 6.45) is 0.0360. The Morgan fingerprint density at radius 1 is 0.857 bits per heavy atom. The van der Waals surface area contributed by atoms with Crippen molar-refractivity contribution in [3.05, 3.63) is 100 Å².